The maximum Gasteiger partial charge on any atom is 0.252 e. The first-order chi connectivity index (χ1) is 9.20. The van der Waals surface area contributed by atoms with E-state index in [4.69, 9.17) is 0 Å². The highest BCUT2D eigenvalue weighted by Gasteiger charge is 2.06. The third-order valence-corrected chi connectivity index (χ3v) is 2.70. The second-order valence-electron chi connectivity index (χ2n) is 4.19. The number of hydrogen-bond donors (Lipinski definition) is 1. The van der Waals surface area contributed by atoms with Gasteiger partial charge in [0.2, 0.25) is 0 Å². The SMILES string of the molecule is CCCNC(=O)c1ccc(-c2ccc(F)cc2)nc1. The molecule has 0 aliphatic heterocycles. The average molecular weight is 258 g/mol. The molecule has 98 valence electrons. The van der Waals surface area contributed by atoms with Crippen LogP contribution in [0.25, 0.3) is 11.3 Å². The van der Waals surface area contributed by atoms with E-state index in [2.05, 4.69) is 10.3 Å². The van der Waals surface area contributed by atoms with Crippen molar-refractivity contribution in [3.05, 3.63) is 54.0 Å². The quantitative estimate of drug-likeness (QED) is 0.915. The molecule has 0 bridgehead atoms. The van der Waals surface area contributed by atoms with E-state index < -0.39 is 0 Å². The van der Waals surface area contributed by atoms with Crippen molar-refractivity contribution in [2.75, 3.05) is 6.54 Å². The van der Waals surface area contributed by atoms with E-state index in [1.807, 2.05) is 6.92 Å². The van der Waals surface area contributed by atoms with Crippen molar-refractivity contribution in [1.29, 1.82) is 0 Å². The van der Waals surface area contributed by atoms with Gasteiger partial charge >= 0.3 is 0 Å². The Balaban J connectivity index is 2.14. The summed E-state index contributed by atoms with van der Waals surface area (Å²) in [6.07, 6.45) is 2.43. The molecule has 2 aromatic rings. The molecule has 0 saturated heterocycles. The normalized spacial score (nSPS) is 10.2. The van der Waals surface area contributed by atoms with E-state index in [0.717, 1.165) is 12.0 Å². The fourth-order valence-electron chi connectivity index (χ4n) is 1.66. The average Bonchev–Trinajstić information content (AvgIpc) is 2.46. The summed E-state index contributed by atoms with van der Waals surface area (Å²) >= 11 is 0. The molecule has 0 fully saturated rings. The molecule has 1 aromatic carbocycles. The van der Waals surface area contributed by atoms with Gasteiger partial charge in [-0.2, -0.15) is 0 Å². The van der Waals surface area contributed by atoms with Crippen molar-refractivity contribution in [3.8, 4) is 11.3 Å². The maximum atomic E-state index is 12.8. The molecule has 2 rings (SSSR count). The minimum absolute atomic E-state index is 0.125. The topological polar surface area (TPSA) is 42.0 Å². The van der Waals surface area contributed by atoms with Crippen LogP contribution in [-0.4, -0.2) is 17.4 Å². The summed E-state index contributed by atoms with van der Waals surface area (Å²) in [7, 11) is 0. The van der Waals surface area contributed by atoms with Crippen LogP contribution < -0.4 is 5.32 Å². The van der Waals surface area contributed by atoms with Crippen LogP contribution in [0.4, 0.5) is 4.39 Å². The number of hydrogen-bond acceptors (Lipinski definition) is 2. The third kappa shape index (κ3) is 3.37. The molecule has 0 spiro atoms. The lowest BCUT2D eigenvalue weighted by molar-refractivity contribution is 0.0953. The molecule has 0 aliphatic carbocycles. The van der Waals surface area contributed by atoms with Crippen LogP contribution in [0.3, 0.4) is 0 Å². The Labute approximate surface area is 111 Å². The standard InChI is InChI=1S/C15H15FN2O/c1-2-9-17-15(19)12-5-8-14(18-10-12)11-3-6-13(16)7-4-11/h3-8,10H,2,9H2,1H3,(H,17,19). The first kappa shape index (κ1) is 13.2. The van der Waals surface area contributed by atoms with Gasteiger partial charge in [-0.3, -0.25) is 9.78 Å². The summed E-state index contributed by atoms with van der Waals surface area (Å²) in [5.74, 6) is -0.403. The number of amides is 1. The highest BCUT2D eigenvalue weighted by molar-refractivity contribution is 5.94. The second kappa shape index (κ2) is 6.09. The highest BCUT2D eigenvalue weighted by atomic mass is 19.1. The number of pyridine rings is 1. The van der Waals surface area contributed by atoms with Crippen LogP contribution in [0, 0.1) is 5.82 Å². The Morgan fingerprint density at radius 1 is 1.21 bits per heavy atom. The van der Waals surface area contributed by atoms with Gasteiger partial charge in [0, 0.05) is 18.3 Å². The zero-order valence-corrected chi connectivity index (χ0v) is 10.7. The predicted octanol–water partition coefficient (Wildman–Crippen LogP) is 3.03. The van der Waals surface area contributed by atoms with E-state index >= 15 is 0 Å². The van der Waals surface area contributed by atoms with Crippen LogP contribution in [0.1, 0.15) is 23.7 Å². The number of rotatable bonds is 4. The molecule has 1 heterocycles. The minimum atomic E-state index is -0.278. The molecule has 0 aliphatic rings. The van der Waals surface area contributed by atoms with Crippen molar-refractivity contribution in [2.24, 2.45) is 0 Å². The van der Waals surface area contributed by atoms with Crippen molar-refractivity contribution in [1.82, 2.24) is 10.3 Å². The Hall–Kier alpha value is -2.23. The zero-order chi connectivity index (χ0) is 13.7. The monoisotopic (exact) mass is 258 g/mol. The molecule has 1 N–H and O–H groups in total. The number of carbonyl (C=O) groups is 1. The maximum absolute atomic E-state index is 12.8. The van der Waals surface area contributed by atoms with Crippen LogP contribution in [0.2, 0.25) is 0 Å². The summed E-state index contributed by atoms with van der Waals surface area (Å²) < 4.78 is 12.8. The highest BCUT2D eigenvalue weighted by Crippen LogP contribution is 2.17. The fraction of sp³-hybridized carbons (Fsp3) is 0.200. The Bertz CT molecular complexity index is 549. The van der Waals surface area contributed by atoms with Gasteiger partial charge < -0.3 is 5.32 Å². The smallest absolute Gasteiger partial charge is 0.252 e. The van der Waals surface area contributed by atoms with E-state index in [9.17, 15) is 9.18 Å². The van der Waals surface area contributed by atoms with E-state index in [0.29, 0.717) is 17.8 Å². The minimum Gasteiger partial charge on any atom is -0.352 e. The Kier molecular flexibility index (Phi) is 4.23. The van der Waals surface area contributed by atoms with Crippen molar-refractivity contribution in [3.63, 3.8) is 0 Å². The van der Waals surface area contributed by atoms with Crippen molar-refractivity contribution < 1.29 is 9.18 Å². The lowest BCUT2D eigenvalue weighted by Gasteiger charge is -2.04. The Morgan fingerprint density at radius 3 is 2.53 bits per heavy atom. The lowest BCUT2D eigenvalue weighted by Crippen LogP contribution is -2.23. The molecular weight excluding hydrogens is 243 g/mol. The summed E-state index contributed by atoms with van der Waals surface area (Å²) in [4.78, 5) is 15.9. The largest absolute Gasteiger partial charge is 0.352 e. The van der Waals surface area contributed by atoms with E-state index in [-0.39, 0.29) is 11.7 Å². The molecule has 0 radical (unpaired) electrons. The molecule has 0 atom stereocenters. The van der Waals surface area contributed by atoms with Crippen LogP contribution >= 0.6 is 0 Å². The molecule has 3 nitrogen and oxygen atoms in total. The molecule has 4 heteroatoms. The number of aromatic nitrogens is 1. The summed E-state index contributed by atoms with van der Waals surface area (Å²) in [5.41, 5.74) is 2.06. The van der Waals surface area contributed by atoms with Gasteiger partial charge in [0.25, 0.3) is 5.91 Å². The van der Waals surface area contributed by atoms with E-state index in [1.54, 1.807) is 24.3 Å². The van der Waals surface area contributed by atoms with Crippen LogP contribution in [0.15, 0.2) is 42.6 Å². The fourth-order valence-corrected chi connectivity index (χ4v) is 1.66. The molecule has 1 aromatic heterocycles. The number of nitrogens with one attached hydrogen (secondary N) is 1. The summed E-state index contributed by atoms with van der Waals surface area (Å²) in [6, 6.07) is 9.57. The molecule has 19 heavy (non-hydrogen) atoms. The first-order valence-electron chi connectivity index (χ1n) is 6.21. The number of halogens is 1. The van der Waals surface area contributed by atoms with Gasteiger partial charge in [0.1, 0.15) is 5.82 Å². The first-order valence-corrected chi connectivity index (χ1v) is 6.21. The summed E-state index contributed by atoms with van der Waals surface area (Å²) in [5, 5.41) is 2.79. The zero-order valence-electron chi connectivity index (χ0n) is 10.7. The molecule has 0 unspecified atom stereocenters. The van der Waals surface area contributed by atoms with Gasteiger partial charge in [0.05, 0.1) is 11.3 Å². The van der Waals surface area contributed by atoms with Crippen molar-refractivity contribution in [2.45, 2.75) is 13.3 Å². The van der Waals surface area contributed by atoms with Gasteiger partial charge in [-0.25, -0.2) is 4.39 Å². The Morgan fingerprint density at radius 2 is 1.95 bits per heavy atom. The number of nitrogens with zero attached hydrogens (tertiary/aromatic N) is 1. The van der Waals surface area contributed by atoms with Crippen LogP contribution in [0.5, 0.6) is 0 Å². The van der Waals surface area contributed by atoms with E-state index in [1.165, 1.54) is 18.3 Å². The molecular formula is C15H15FN2O. The number of carbonyl (C=O) groups excluding carboxylic acids is 1. The number of benzene rings is 1. The van der Waals surface area contributed by atoms with Gasteiger partial charge in [0.15, 0.2) is 0 Å². The predicted molar refractivity (Wildman–Crippen MR) is 72.3 cm³/mol. The van der Waals surface area contributed by atoms with Gasteiger partial charge in [-0.1, -0.05) is 6.92 Å². The molecule has 0 saturated carbocycles. The van der Waals surface area contributed by atoms with Crippen molar-refractivity contribution >= 4 is 5.91 Å². The second-order valence-corrected chi connectivity index (χ2v) is 4.19. The van der Waals surface area contributed by atoms with Gasteiger partial charge in [-0.15, -0.1) is 0 Å². The lowest BCUT2D eigenvalue weighted by atomic mass is 10.1. The third-order valence-electron chi connectivity index (χ3n) is 2.70. The van der Waals surface area contributed by atoms with Crippen LogP contribution in [-0.2, 0) is 0 Å². The molecule has 1 amide bonds. The van der Waals surface area contributed by atoms with Gasteiger partial charge in [-0.05, 0) is 42.8 Å². The summed E-state index contributed by atoms with van der Waals surface area (Å²) in [6.45, 7) is 2.65.